The molecule has 2 aromatic rings. The highest BCUT2D eigenvalue weighted by Gasteiger charge is 2.09. The van der Waals surface area contributed by atoms with Gasteiger partial charge in [-0.2, -0.15) is 0 Å². The summed E-state index contributed by atoms with van der Waals surface area (Å²) in [6.07, 6.45) is 1.38. The summed E-state index contributed by atoms with van der Waals surface area (Å²) in [5.41, 5.74) is 1.44. The zero-order valence-corrected chi connectivity index (χ0v) is 9.49. The van der Waals surface area contributed by atoms with Crippen LogP contribution in [0, 0.1) is 5.82 Å². The van der Waals surface area contributed by atoms with Gasteiger partial charge in [0.2, 0.25) is 0 Å². The van der Waals surface area contributed by atoms with E-state index < -0.39 is 10.0 Å². The highest BCUT2D eigenvalue weighted by atomic mass is 32.2. The number of nitrogens with zero attached hydrogens (tertiary/aromatic N) is 1. The van der Waals surface area contributed by atoms with Crippen molar-refractivity contribution in [2.24, 2.45) is 5.14 Å². The lowest BCUT2D eigenvalue weighted by Crippen LogP contribution is -2.13. The molecule has 1 heterocycles. The van der Waals surface area contributed by atoms with Crippen LogP contribution in [0.4, 0.5) is 4.39 Å². The van der Waals surface area contributed by atoms with Crippen molar-refractivity contribution in [3.8, 4) is 11.1 Å². The maximum absolute atomic E-state index is 12.7. The minimum absolute atomic E-state index is 0.191. The molecule has 17 heavy (non-hydrogen) atoms. The molecule has 0 saturated carbocycles. The zero-order chi connectivity index (χ0) is 12.5. The molecule has 0 fully saturated rings. The number of primary sulfonamides is 1. The third-order valence-corrected chi connectivity index (χ3v) is 3.03. The maximum Gasteiger partial charge on any atom is 0.255 e. The van der Waals surface area contributed by atoms with Crippen LogP contribution >= 0.6 is 0 Å². The lowest BCUT2D eigenvalue weighted by atomic mass is 10.1. The van der Waals surface area contributed by atoms with Gasteiger partial charge in [0.15, 0.2) is 5.03 Å². The monoisotopic (exact) mass is 252 g/mol. The number of pyridine rings is 1. The van der Waals surface area contributed by atoms with E-state index in [1.54, 1.807) is 18.2 Å². The van der Waals surface area contributed by atoms with Crippen LogP contribution in [0.2, 0.25) is 0 Å². The summed E-state index contributed by atoms with van der Waals surface area (Å²) in [5, 5.41) is 4.73. The fraction of sp³-hybridized carbons (Fsp3) is 0. The van der Waals surface area contributed by atoms with Crippen molar-refractivity contribution >= 4 is 10.0 Å². The molecule has 0 saturated heterocycles. The molecule has 0 bridgehead atoms. The van der Waals surface area contributed by atoms with Gasteiger partial charge in [-0.05, 0) is 29.8 Å². The summed E-state index contributed by atoms with van der Waals surface area (Å²) in [6.45, 7) is 0. The molecule has 0 atom stereocenters. The Hall–Kier alpha value is -1.79. The number of benzene rings is 1. The van der Waals surface area contributed by atoms with Gasteiger partial charge < -0.3 is 0 Å². The predicted molar refractivity (Wildman–Crippen MR) is 61.0 cm³/mol. The number of aromatic nitrogens is 1. The zero-order valence-electron chi connectivity index (χ0n) is 8.67. The normalized spacial score (nSPS) is 11.4. The Labute approximate surface area is 98.0 Å². The molecule has 0 aliphatic rings. The first-order valence-corrected chi connectivity index (χ1v) is 6.26. The van der Waals surface area contributed by atoms with Crippen molar-refractivity contribution in [2.45, 2.75) is 5.03 Å². The van der Waals surface area contributed by atoms with Gasteiger partial charge in [-0.1, -0.05) is 12.1 Å². The highest BCUT2D eigenvalue weighted by Crippen LogP contribution is 2.19. The number of sulfonamides is 1. The quantitative estimate of drug-likeness (QED) is 0.881. The van der Waals surface area contributed by atoms with Crippen LogP contribution in [0.25, 0.3) is 11.1 Å². The minimum Gasteiger partial charge on any atom is -0.243 e. The number of rotatable bonds is 2. The Morgan fingerprint density at radius 3 is 2.06 bits per heavy atom. The third kappa shape index (κ3) is 2.66. The first kappa shape index (κ1) is 11.7. The van der Waals surface area contributed by atoms with E-state index in [1.807, 2.05) is 0 Å². The fourth-order valence-corrected chi connectivity index (χ4v) is 1.82. The number of hydrogen-bond donors (Lipinski definition) is 1. The van der Waals surface area contributed by atoms with Crippen LogP contribution in [0.1, 0.15) is 0 Å². The fourth-order valence-electron chi connectivity index (χ4n) is 1.36. The summed E-state index contributed by atoms with van der Waals surface area (Å²) in [5.74, 6) is -0.331. The van der Waals surface area contributed by atoms with Crippen LogP contribution in [-0.4, -0.2) is 13.4 Å². The number of halogens is 1. The third-order valence-electron chi connectivity index (χ3n) is 2.21. The standard InChI is InChI=1S/C11H9FN2O2S/c12-10-4-1-8(2-5-10)9-3-6-11(14-7-9)17(13,15)16/h1-7H,(H2,13,15,16). The maximum atomic E-state index is 12.7. The summed E-state index contributed by atoms with van der Waals surface area (Å²) < 4.78 is 34.7. The Morgan fingerprint density at radius 1 is 1.00 bits per heavy atom. The average molecular weight is 252 g/mol. The van der Waals surface area contributed by atoms with Crippen LogP contribution < -0.4 is 5.14 Å². The topological polar surface area (TPSA) is 73.1 Å². The van der Waals surface area contributed by atoms with E-state index in [-0.39, 0.29) is 10.8 Å². The van der Waals surface area contributed by atoms with Crippen LogP contribution in [0.5, 0.6) is 0 Å². The molecule has 6 heteroatoms. The predicted octanol–water partition coefficient (Wildman–Crippen LogP) is 1.54. The van der Waals surface area contributed by atoms with E-state index in [4.69, 9.17) is 5.14 Å². The van der Waals surface area contributed by atoms with Crippen LogP contribution in [-0.2, 0) is 10.0 Å². The molecule has 0 spiro atoms. The smallest absolute Gasteiger partial charge is 0.243 e. The van der Waals surface area contributed by atoms with Crippen molar-refractivity contribution in [1.29, 1.82) is 0 Å². The van der Waals surface area contributed by atoms with E-state index in [2.05, 4.69) is 4.98 Å². The summed E-state index contributed by atoms with van der Waals surface area (Å²) in [4.78, 5) is 3.74. The Kier molecular flexibility index (Phi) is 2.91. The Bertz CT molecular complexity index is 622. The highest BCUT2D eigenvalue weighted by molar-refractivity contribution is 7.89. The first-order valence-electron chi connectivity index (χ1n) is 4.71. The van der Waals surface area contributed by atoms with E-state index in [0.717, 1.165) is 5.56 Å². The largest absolute Gasteiger partial charge is 0.255 e. The van der Waals surface area contributed by atoms with E-state index in [0.29, 0.717) is 5.56 Å². The Balaban J connectivity index is 2.39. The molecule has 2 N–H and O–H groups in total. The van der Waals surface area contributed by atoms with Gasteiger partial charge in [0.05, 0.1) is 0 Å². The van der Waals surface area contributed by atoms with Crippen molar-refractivity contribution in [3.05, 3.63) is 48.4 Å². The number of hydrogen-bond acceptors (Lipinski definition) is 3. The lowest BCUT2D eigenvalue weighted by molar-refractivity contribution is 0.594. The molecule has 2 rings (SSSR count). The van der Waals surface area contributed by atoms with Gasteiger partial charge >= 0.3 is 0 Å². The molecule has 1 aromatic carbocycles. The molecular weight excluding hydrogens is 243 g/mol. The molecule has 0 aliphatic heterocycles. The van der Waals surface area contributed by atoms with Crippen molar-refractivity contribution in [2.75, 3.05) is 0 Å². The van der Waals surface area contributed by atoms with E-state index in [1.165, 1.54) is 24.4 Å². The lowest BCUT2D eigenvalue weighted by Gasteiger charge is -2.02. The van der Waals surface area contributed by atoms with Crippen molar-refractivity contribution < 1.29 is 12.8 Å². The summed E-state index contributed by atoms with van der Waals surface area (Å²) in [6, 6.07) is 8.70. The van der Waals surface area contributed by atoms with Crippen LogP contribution in [0.15, 0.2) is 47.6 Å². The minimum atomic E-state index is -3.78. The van der Waals surface area contributed by atoms with Gasteiger partial charge in [0.25, 0.3) is 10.0 Å². The van der Waals surface area contributed by atoms with E-state index in [9.17, 15) is 12.8 Å². The van der Waals surface area contributed by atoms with E-state index >= 15 is 0 Å². The molecular formula is C11H9FN2O2S. The molecule has 0 amide bonds. The second-order valence-electron chi connectivity index (χ2n) is 3.44. The van der Waals surface area contributed by atoms with Gasteiger partial charge in [-0.3, -0.25) is 0 Å². The number of nitrogens with two attached hydrogens (primary N) is 1. The Morgan fingerprint density at radius 2 is 1.59 bits per heavy atom. The van der Waals surface area contributed by atoms with Crippen molar-refractivity contribution in [1.82, 2.24) is 4.98 Å². The second kappa shape index (κ2) is 4.23. The first-order chi connectivity index (χ1) is 7.97. The molecule has 4 nitrogen and oxygen atoms in total. The van der Waals surface area contributed by atoms with Gasteiger partial charge in [0.1, 0.15) is 5.82 Å². The molecule has 0 unspecified atom stereocenters. The average Bonchev–Trinajstić information content (AvgIpc) is 2.29. The molecule has 0 aliphatic carbocycles. The van der Waals surface area contributed by atoms with Gasteiger partial charge in [-0.25, -0.2) is 22.9 Å². The molecule has 1 aromatic heterocycles. The SMILES string of the molecule is NS(=O)(=O)c1ccc(-c2ccc(F)cc2)cn1. The van der Waals surface area contributed by atoms with Crippen molar-refractivity contribution in [3.63, 3.8) is 0 Å². The summed E-state index contributed by atoms with van der Waals surface area (Å²) >= 11 is 0. The molecule has 88 valence electrons. The van der Waals surface area contributed by atoms with Gasteiger partial charge in [0, 0.05) is 11.8 Å². The van der Waals surface area contributed by atoms with Crippen LogP contribution in [0.3, 0.4) is 0 Å². The summed E-state index contributed by atoms with van der Waals surface area (Å²) in [7, 11) is -3.78. The molecule has 0 radical (unpaired) electrons. The van der Waals surface area contributed by atoms with Gasteiger partial charge in [-0.15, -0.1) is 0 Å². The second-order valence-corrected chi connectivity index (χ2v) is 4.95.